The zero-order valence-electron chi connectivity index (χ0n) is 16.4. The number of aromatic nitrogens is 1. The minimum atomic E-state index is -0.989. The maximum Gasteiger partial charge on any atom is 0.257 e. The Hall–Kier alpha value is -3.07. The summed E-state index contributed by atoms with van der Waals surface area (Å²) in [7, 11) is 0. The molecule has 1 aromatic heterocycles. The third-order valence-electron chi connectivity index (χ3n) is 4.87. The van der Waals surface area contributed by atoms with Gasteiger partial charge in [-0.3, -0.25) is 14.4 Å². The van der Waals surface area contributed by atoms with Gasteiger partial charge in [-0.15, -0.1) is 0 Å². The van der Waals surface area contributed by atoms with Crippen LogP contribution in [0.3, 0.4) is 0 Å². The Morgan fingerprint density at radius 2 is 2.07 bits per heavy atom. The van der Waals surface area contributed by atoms with Gasteiger partial charge in [0, 0.05) is 43.9 Å². The average molecular weight is 420 g/mol. The summed E-state index contributed by atoms with van der Waals surface area (Å²) in [6.07, 6.45) is 2.25. The van der Waals surface area contributed by atoms with E-state index in [1.54, 1.807) is 6.92 Å². The van der Waals surface area contributed by atoms with Crippen molar-refractivity contribution in [1.82, 2.24) is 9.88 Å². The lowest BCUT2D eigenvalue weighted by molar-refractivity contribution is 0.0485. The molecule has 2 N–H and O–H groups in total. The highest BCUT2D eigenvalue weighted by atomic mass is 19.1. The molecule has 1 unspecified atom stereocenters. The Bertz CT molecular complexity index is 1030. The van der Waals surface area contributed by atoms with E-state index in [-0.39, 0.29) is 42.7 Å². The van der Waals surface area contributed by atoms with Crippen LogP contribution in [0, 0.1) is 11.6 Å². The zero-order valence-corrected chi connectivity index (χ0v) is 16.4. The smallest absolute Gasteiger partial charge is 0.257 e. The van der Waals surface area contributed by atoms with Crippen LogP contribution in [0.4, 0.5) is 8.78 Å². The number of rotatable bonds is 3. The topological polar surface area (TPSA) is 97.6 Å². The predicted octanol–water partition coefficient (Wildman–Crippen LogP) is 2.53. The highest BCUT2D eigenvalue weighted by Gasteiger charge is 2.25. The largest absolute Gasteiger partial charge is 0.503 e. The molecule has 1 aromatic carbocycles. The summed E-state index contributed by atoms with van der Waals surface area (Å²) >= 11 is 0. The van der Waals surface area contributed by atoms with Crippen LogP contribution in [0.2, 0.25) is 0 Å². The van der Waals surface area contributed by atoms with Crippen LogP contribution in [-0.2, 0) is 17.8 Å². The molecule has 0 fully saturated rings. The van der Waals surface area contributed by atoms with Crippen molar-refractivity contribution in [2.45, 2.75) is 45.4 Å². The molecule has 3 rings (SSSR count). The Labute approximate surface area is 171 Å². The maximum absolute atomic E-state index is 13.8. The third-order valence-corrected chi connectivity index (χ3v) is 4.87. The minimum Gasteiger partial charge on any atom is -0.503 e. The number of benzene rings is 1. The van der Waals surface area contributed by atoms with Crippen LogP contribution in [-0.4, -0.2) is 34.1 Å². The van der Waals surface area contributed by atoms with Crippen LogP contribution >= 0.6 is 0 Å². The highest BCUT2D eigenvalue weighted by Crippen LogP contribution is 2.20. The summed E-state index contributed by atoms with van der Waals surface area (Å²) in [5.74, 6) is -3.63. The van der Waals surface area contributed by atoms with Crippen LogP contribution in [0.1, 0.15) is 52.6 Å². The van der Waals surface area contributed by atoms with Gasteiger partial charge < -0.3 is 19.7 Å². The number of ketones is 1. The molecule has 2 heterocycles. The minimum absolute atomic E-state index is 0.0326. The fourth-order valence-electron chi connectivity index (χ4n) is 3.30. The molecule has 1 amide bonds. The van der Waals surface area contributed by atoms with E-state index in [9.17, 15) is 28.3 Å². The molecule has 2 aromatic rings. The second-order valence-corrected chi connectivity index (χ2v) is 7.20. The molecule has 7 nitrogen and oxygen atoms in total. The molecule has 0 saturated carbocycles. The van der Waals surface area contributed by atoms with Crippen molar-refractivity contribution in [3.8, 4) is 5.75 Å². The molecule has 9 heteroatoms. The number of aromatic hydroxyl groups is 1. The number of Topliss-reactive ketones (excluding diaryl/α,β-unsaturated/α-hetero) is 1. The lowest BCUT2D eigenvalue weighted by Crippen LogP contribution is -2.32. The Kier molecular flexibility index (Phi) is 6.61. The standard InChI is InChI=1S/C21H22F2N2O5/c1-12-10-25-11-15(21(29)24-9-13-5-6-14(22)8-16(13)23)19(27)20(28)18(25)17(26)4-2-3-7-30-12/h5-6,8,11-12,28H,2-4,7,9-10H2,1H3,(H,24,29). The SMILES string of the molecule is CC1Cn2cc(C(=O)NCc3ccc(F)cc3F)c(=O)c(O)c2C(=O)CCCCO1. The van der Waals surface area contributed by atoms with Gasteiger partial charge in [0.25, 0.3) is 5.91 Å². The number of carbonyl (C=O) groups is 2. The number of halogens is 2. The van der Waals surface area contributed by atoms with E-state index in [4.69, 9.17) is 4.74 Å². The van der Waals surface area contributed by atoms with Crippen LogP contribution in [0.25, 0.3) is 0 Å². The van der Waals surface area contributed by atoms with Gasteiger partial charge in [0.1, 0.15) is 22.9 Å². The summed E-state index contributed by atoms with van der Waals surface area (Å²) in [4.78, 5) is 37.6. The van der Waals surface area contributed by atoms with E-state index in [0.717, 1.165) is 6.07 Å². The molecule has 1 aliphatic rings. The van der Waals surface area contributed by atoms with Gasteiger partial charge in [-0.1, -0.05) is 6.07 Å². The van der Waals surface area contributed by atoms with Crippen molar-refractivity contribution in [1.29, 1.82) is 0 Å². The van der Waals surface area contributed by atoms with Gasteiger partial charge in [-0.25, -0.2) is 8.78 Å². The van der Waals surface area contributed by atoms with Gasteiger partial charge >= 0.3 is 0 Å². The lowest BCUT2D eigenvalue weighted by Gasteiger charge is -2.21. The quantitative estimate of drug-likeness (QED) is 0.795. The van der Waals surface area contributed by atoms with E-state index in [1.165, 1.54) is 16.8 Å². The number of nitrogens with zero attached hydrogens (tertiary/aromatic N) is 1. The second kappa shape index (κ2) is 9.17. The van der Waals surface area contributed by atoms with Crippen LogP contribution in [0.5, 0.6) is 5.75 Å². The van der Waals surface area contributed by atoms with Crippen LogP contribution in [0.15, 0.2) is 29.2 Å². The summed E-state index contributed by atoms with van der Waals surface area (Å²) < 4.78 is 33.8. The number of pyridine rings is 1. The van der Waals surface area contributed by atoms with Crippen molar-refractivity contribution in [3.63, 3.8) is 0 Å². The molecule has 0 bridgehead atoms. The molecular weight excluding hydrogens is 398 g/mol. The Morgan fingerprint density at radius 1 is 1.30 bits per heavy atom. The number of carbonyl (C=O) groups excluding carboxylic acids is 2. The van der Waals surface area contributed by atoms with Crippen molar-refractivity contribution in [3.05, 3.63) is 63.1 Å². The number of hydrogen-bond donors (Lipinski definition) is 2. The van der Waals surface area contributed by atoms with Gasteiger partial charge in [0.2, 0.25) is 5.43 Å². The number of ether oxygens (including phenoxy) is 1. The first-order valence-corrected chi connectivity index (χ1v) is 9.61. The summed E-state index contributed by atoms with van der Waals surface area (Å²) in [5.41, 5.74) is -1.50. The predicted molar refractivity (Wildman–Crippen MR) is 103 cm³/mol. The lowest BCUT2D eigenvalue weighted by atomic mass is 10.1. The molecule has 0 aliphatic carbocycles. The summed E-state index contributed by atoms with van der Waals surface area (Å²) in [6.45, 7) is 2.13. The van der Waals surface area contributed by atoms with Crippen molar-refractivity contribution < 1.29 is 28.2 Å². The molecule has 30 heavy (non-hydrogen) atoms. The van der Waals surface area contributed by atoms with Gasteiger partial charge in [0.05, 0.1) is 6.10 Å². The number of amides is 1. The Morgan fingerprint density at radius 3 is 2.80 bits per heavy atom. The summed E-state index contributed by atoms with van der Waals surface area (Å²) in [6, 6.07) is 2.92. The normalized spacial score (nSPS) is 17.3. The number of hydrogen-bond acceptors (Lipinski definition) is 5. The maximum atomic E-state index is 13.8. The molecule has 0 saturated heterocycles. The zero-order chi connectivity index (χ0) is 21.8. The van der Waals surface area contributed by atoms with E-state index in [0.29, 0.717) is 25.5 Å². The molecule has 1 atom stereocenters. The van der Waals surface area contributed by atoms with E-state index in [1.807, 2.05) is 0 Å². The van der Waals surface area contributed by atoms with Crippen molar-refractivity contribution in [2.24, 2.45) is 0 Å². The first kappa shape index (κ1) is 21.6. The monoisotopic (exact) mass is 420 g/mol. The molecule has 160 valence electrons. The van der Waals surface area contributed by atoms with Gasteiger partial charge in [-0.05, 0) is 25.8 Å². The van der Waals surface area contributed by atoms with Gasteiger partial charge in [0.15, 0.2) is 11.5 Å². The first-order chi connectivity index (χ1) is 14.3. The van der Waals surface area contributed by atoms with Crippen molar-refractivity contribution in [2.75, 3.05) is 6.61 Å². The summed E-state index contributed by atoms with van der Waals surface area (Å²) in [5, 5.41) is 12.8. The van der Waals surface area contributed by atoms with E-state index in [2.05, 4.69) is 5.32 Å². The van der Waals surface area contributed by atoms with Crippen LogP contribution < -0.4 is 10.7 Å². The van der Waals surface area contributed by atoms with E-state index >= 15 is 0 Å². The fourth-order valence-corrected chi connectivity index (χ4v) is 3.30. The molecule has 0 radical (unpaired) electrons. The number of fused-ring (bicyclic) bond motifs is 1. The first-order valence-electron chi connectivity index (χ1n) is 9.61. The molecular formula is C21H22F2N2O5. The molecule has 0 spiro atoms. The Balaban J connectivity index is 1.92. The second-order valence-electron chi connectivity index (χ2n) is 7.20. The highest BCUT2D eigenvalue weighted by molar-refractivity contribution is 5.99. The third kappa shape index (κ3) is 4.73. The number of nitrogens with one attached hydrogen (secondary N) is 1. The molecule has 1 aliphatic heterocycles. The van der Waals surface area contributed by atoms with Gasteiger partial charge in [-0.2, -0.15) is 0 Å². The van der Waals surface area contributed by atoms with Crippen molar-refractivity contribution >= 4 is 11.7 Å². The average Bonchev–Trinajstić information content (AvgIpc) is 2.69. The fraction of sp³-hybridized carbons (Fsp3) is 0.381. The van der Waals surface area contributed by atoms with E-state index < -0.39 is 34.3 Å².